The van der Waals surface area contributed by atoms with Crippen LogP contribution in [0.25, 0.3) is 16.8 Å². The molecule has 8 heteroatoms. The lowest BCUT2D eigenvalue weighted by Crippen LogP contribution is -2.30. The summed E-state index contributed by atoms with van der Waals surface area (Å²) in [7, 11) is 0. The summed E-state index contributed by atoms with van der Waals surface area (Å²) in [5, 5.41) is 11.2. The van der Waals surface area contributed by atoms with Gasteiger partial charge in [0.05, 0.1) is 29.5 Å². The second-order valence-corrected chi connectivity index (χ2v) is 9.43. The van der Waals surface area contributed by atoms with Crippen molar-refractivity contribution in [2.45, 2.75) is 33.7 Å². The highest BCUT2D eigenvalue weighted by molar-refractivity contribution is 6.51. The molecular weight excluding hydrogens is 458 g/mol. The van der Waals surface area contributed by atoms with Crippen molar-refractivity contribution in [3.63, 3.8) is 0 Å². The van der Waals surface area contributed by atoms with E-state index in [9.17, 15) is 14.7 Å². The minimum absolute atomic E-state index is 0.0707. The van der Waals surface area contributed by atoms with Gasteiger partial charge in [0.2, 0.25) is 5.95 Å². The molecule has 5 rings (SSSR count). The molecule has 0 aliphatic carbocycles. The number of amides is 1. The lowest BCUT2D eigenvalue weighted by molar-refractivity contribution is -0.132. The van der Waals surface area contributed by atoms with E-state index in [4.69, 9.17) is 9.15 Å². The maximum atomic E-state index is 13.3. The molecule has 1 saturated heterocycles. The van der Waals surface area contributed by atoms with Crippen LogP contribution >= 0.6 is 0 Å². The normalized spacial score (nSPS) is 17.5. The molecule has 4 aromatic rings. The molecule has 3 heterocycles. The van der Waals surface area contributed by atoms with Crippen molar-refractivity contribution < 1.29 is 23.8 Å². The van der Waals surface area contributed by atoms with E-state index in [0.717, 1.165) is 16.6 Å². The first-order chi connectivity index (χ1) is 17.2. The van der Waals surface area contributed by atoms with E-state index in [2.05, 4.69) is 23.8 Å². The standard InChI is InChI=1S/C28H27N3O5/c1-15(2)14-36-19-9-7-18(8-10-19)25(32)23-24(22-6-5-11-35-22)31(27(34)26(23)33)28-29-20-12-16(3)17(4)13-21(20)30-28/h5-13,15,24,32H,14H2,1-4H3,(H,29,30)/b25-23+. The smallest absolute Gasteiger partial charge is 0.302 e. The molecule has 1 unspecified atom stereocenters. The Balaban J connectivity index is 1.59. The third kappa shape index (κ3) is 4.04. The number of aliphatic hydroxyl groups excluding tert-OH is 1. The number of carbonyl (C=O) groups is 2. The average Bonchev–Trinajstić information content (AvgIpc) is 3.57. The molecule has 2 aromatic heterocycles. The predicted octanol–water partition coefficient (Wildman–Crippen LogP) is 5.43. The van der Waals surface area contributed by atoms with Crippen LogP contribution in [0, 0.1) is 19.8 Å². The van der Waals surface area contributed by atoms with Gasteiger partial charge in [0.1, 0.15) is 23.3 Å². The van der Waals surface area contributed by atoms with E-state index in [1.807, 2.05) is 26.0 Å². The molecule has 0 bridgehead atoms. The fourth-order valence-corrected chi connectivity index (χ4v) is 4.26. The summed E-state index contributed by atoms with van der Waals surface area (Å²) in [5.41, 5.74) is 3.86. The van der Waals surface area contributed by atoms with Crippen LogP contribution in [0.2, 0.25) is 0 Å². The minimum Gasteiger partial charge on any atom is -0.507 e. The third-order valence-electron chi connectivity index (χ3n) is 6.28. The summed E-state index contributed by atoms with van der Waals surface area (Å²) in [4.78, 5) is 35.5. The van der Waals surface area contributed by atoms with Crippen molar-refractivity contribution in [3.8, 4) is 5.75 Å². The number of fused-ring (bicyclic) bond motifs is 1. The van der Waals surface area contributed by atoms with Crippen LogP contribution in [-0.4, -0.2) is 33.4 Å². The predicted molar refractivity (Wildman–Crippen MR) is 136 cm³/mol. The Kier molecular flexibility index (Phi) is 5.88. The first-order valence-electron chi connectivity index (χ1n) is 11.8. The Morgan fingerprint density at radius 2 is 1.86 bits per heavy atom. The third-order valence-corrected chi connectivity index (χ3v) is 6.28. The summed E-state index contributed by atoms with van der Waals surface area (Å²) in [6, 6.07) is 13.0. The van der Waals surface area contributed by atoms with Crippen LogP contribution in [0.4, 0.5) is 5.95 Å². The topological polar surface area (TPSA) is 109 Å². The Morgan fingerprint density at radius 3 is 2.53 bits per heavy atom. The number of furan rings is 1. The van der Waals surface area contributed by atoms with E-state index in [1.54, 1.807) is 36.4 Å². The second kappa shape index (κ2) is 9.03. The lowest BCUT2D eigenvalue weighted by Gasteiger charge is -2.20. The number of nitrogens with zero attached hydrogens (tertiary/aromatic N) is 2. The van der Waals surface area contributed by atoms with Gasteiger partial charge >= 0.3 is 5.91 Å². The van der Waals surface area contributed by atoms with Crippen LogP contribution in [0.1, 0.15) is 42.3 Å². The van der Waals surface area contributed by atoms with Gasteiger partial charge in [0.15, 0.2) is 0 Å². The maximum Gasteiger partial charge on any atom is 0.302 e. The van der Waals surface area contributed by atoms with Crippen LogP contribution in [0.15, 0.2) is 64.8 Å². The van der Waals surface area contributed by atoms with Crippen molar-refractivity contribution in [1.82, 2.24) is 9.97 Å². The lowest BCUT2D eigenvalue weighted by atomic mass is 9.99. The molecule has 36 heavy (non-hydrogen) atoms. The number of Topliss-reactive ketones (excluding diaryl/α,β-unsaturated/α-hetero) is 1. The number of ketones is 1. The Morgan fingerprint density at radius 1 is 1.14 bits per heavy atom. The number of hydrogen-bond donors (Lipinski definition) is 2. The van der Waals surface area contributed by atoms with Gasteiger partial charge in [0.25, 0.3) is 5.78 Å². The van der Waals surface area contributed by atoms with Crippen LogP contribution < -0.4 is 9.64 Å². The van der Waals surface area contributed by atoms with E-state index < -0.39 is 17.7 Å². The van der Waals surface area contributed by atoms with Crippen LogP contribution in [-0.2, 0) is 9.59 Å². The van der Waals surface area contributed by atoms with Gasteiger partial charge in [-0.15, -0.1) is 0 Å². The quantitative estimate of drug-likeness (QED) is 0.214. The number of imidazole rings is 1. The van der Waals surface area contributed by atoms with Crippen molar-refractivity contribution in [1.29, 1.82) is 0 Å². The molecule has 1 amide bonds. The largest absolute Gasteiger partial charge is 0.507 e. The summed E-state index contributed by atoms with van der Waals surface area (Å²) < 4.78 is 11.3. The summed E-state index contributed by atoms with van der Waals surface area (Å²) >= 11 is 0. The molecule has 1 aliphatic rings. The molecular formula is C28H27N3O5. The highest BCUT2D eigenvalue weighted by Gasteiger charge is 2.49. The van der Waals surface area contributed by atoms with Crippen LogP contribution in [0.3, 0.4) is 0 Å². The monoisotopic (exact) mass is 485 g/mol. The van der Waals surface area contributed by atoms with Gasteiger partial charge in [-0.3, -0.25) is 14.5 Å². The molecule has 2 aromatic carbocycles. The molecule has 0 saturated carbocycles. The second-order valence-electron chi connectivity index (χ2n) is 9.43. The fraction of sp³-hybridized carbons (Fsp3) is 0.250. The summed E-state index contributed by atoms with van der Waals surface area (Å²) in [5.74, 6) is -0.361. The van der Waals surface area contributed by atoms with Crippen LogP contribution in [0.5, 0.6) is 5.75 Å². The first kappa shape index (κ1) is 23.4. The number of ether oxygens (including phenoxy) is 1. The van der Waals surface area contributed by atoms with Gasteiger partial charge in [-0.05, 0) is 79.4 Å². The number of benzene rings is 2. The molecule has 0 spiro atoms. The number of nitrogens with one attached hydrogen (secondary N) is 1. The Hall–Kier alpha value is -4.33. The van der Waals surface area contributed by atoms with Gasteiger partial charge in [-0.1, -0.05) is 13.8 Å². The molecule has 8 nitrogen and oxygen atoms in total. The zero-order chi connectivity index (χ0) is 25.6. The van der Waals surface area contributed by atoms with Gasteiger partial charge in [-0.25, -0.2) is 4.98 Å². The number of H-pyrrole nitrogens is 1. The van der Waals surface area contributed by atoms with E-state index in [0.29, 0.717) is 35.1 Å². The zero-order valence-electron chi connectivity index (χ0n) is 20.5. The highest BCUT2D eigenvalue weighted by Crippen LogP contribution is 2.42. The molecule has 0 radical (unpaired) electrons. The van der Waals surface area contributed by atoms with Gasteiger partial charge < -0.3 is 19.2 Å². The number of hydrogen-bond acceptors (Lipinski definition) is 6. The SMILES string of the molecule is Cc1cc2nc(N3C(=O)C(=O)/C(=C(/O)c4ccc(OCC(C)C)cc4)C3c3ccco3)[nH]c2cc1C. The number of aromatic amines is 1. The fourth-order valence-electron chi connectivity index (χ4n) is 4.26. The first-order valence-corrected chi connectivity index (χ1v) is 11.8. The van der Waals surface area contributed by atoms with E-state index >= 15 is 0 Å². The van der Waals surface area contributed by atoms with Gasteiger partial charge in [-0.2, -0.15) is 0 Å². The number of anilines is 1. The number of rotatable bonds is 6. The Labute approximate surface area is 208 Å². The van der Waals surface area contributed by atoms with Crippen molar-refractivity contribution >= 4 is 34.4 Å². The average molecular weight is 486 g/mol. The van der Waals surface area contributed by atoms with Crippen molar-refractivity contribution in [2.75, 3.05) is 11.5 Å². The number of carbonyl (C=O) groups excluding carboxylic acids is 2. The van der Waals surface area contributed by atoms with Gasteiger partial charge in [0, 0.05) is 5.56 Å². The summed E-state index contributed by atoms with van der Waals surface area (Å²) in [6.07, 6.45) is 1.46. The molecule has 2 N–H and O–H groups in total. The van der Waals surface area contributed by atoms with Crippen molar-refractivity contribution in [3.05, 3.63) is 82.8 Å². The summed E-state index contributed by atoms with van der Waals surface area (Å²) in [6.45, 7) is 8.64. The maximum absolute atomic E-state index is 13.3. The Bertz CT molecular complexity index is 1440. The van der Waals surface area contributed by atoms with E-state index in [-0.39, 0.29) is 17.3 Å². The zero-order valence-corrected chi connectivity index (χ0v) is 20.5. The number of aryl methyl sites for hydroxylation is 2. The van der Waals surface area contributed by atoms with E-state index in [1.165, 1.54) is 11.2 Å². The molecule has 1 aliphatic heterocycles. The minimum atomic E-state index is -0.986. The number of aliphatic hydroxyl groups is 1. The molecule has 1 fully saturated rings. The highest BCUT2D eigenvalue weighted by atomic mass is 16.5. The van der Waals surface area contributed by atoms with Crippen molar-refractivity contribution in [2.24, 2.45) is 5.92 Å². The number of aromatic nitrogens is 2. The molecule has 184 valence electrons. The molecule has 1 atom stereocenters.